The third kappa shape index (κ3) is 4.02. The van der Waals surface area contributed by atoms with Gasteiger partial charge in [-0.2, -0.15) is 0 Å². The van der Waals surface area contributed by atoms with Crippen LogP contribution in [0.25, 0.3) is 0 Å². The van der Waals surface area contributed by atoms with E-state index in [0.29, 0.717) is 0 Å². The molecule has 1 aromatic rings. The molecule has 1 N–H and O–H groups in total. The van der Waals surface area contributed by atoms with Crippen LogP contribution in [-0.4, -0.2) is 26.0 Å². The second-order valence-electron chi connectivity index (χ2n) is 4.71. The second-order valence-corrected chi connectivity index (χ2v) is 7.10. The van der Waals surface area contributed by atoms with Crippen molar-refractivity contribution in [3.8, 4) is 0 Å². The van der Waals surface area contributed by atoms with Crippen molar-refractivity contribution in [1.82, 2.24) is 0 Å². The summed E-state index contributed by atoms with van der Waals surface area (Å²) in [5.74, 6) is 0.383. The van der Waals surface area contributed by atoms with E-state index in [4.69, 9.17) is 0 Å². The van der Waals surface area contributed by atoms with Crippen LogP contribution in [0.1, 0.15) is 31.9 Å². The number of anilines is 1. The number of sulfone groups is 1. The molecule has 3 nitrogen and oxygen atoms in total. The summed E-state index contributed by atoms with van der Waals surface area (Å²) in [6.45, 7) is 7.75. The Balaban J connectivity index is 2.85. The lowest BCUT2D eigenvalue weighted by molar-refractivity contribution is 0.593. The van der Waals surface area contributed by atoms with Crippen LogP contribution in [0.15, 0.2) is 18.2 Å². The maximum absolute atomic E-state index is 11.6. The van der Waals surface area contributed by atoms with Gasteiger partial charge in [-0.05, 0) is 31.4 Å². The van der Waals surface area contributed by atoms with E-state index in [2.05, 4.69) is 18.3 Å². The zero-order valence-electron chi connectivity index (χ0n) is 11.7. The van der Waals surface area contributed by atoms with E-state index in [1.807, 2.05) is 26.0 Å². The Morgan fingerprint density at radius 2 is 1.94 bits per heavy atom. The fraction of sp³-hybridized carbons (Fsp3) is 0.571. The average molecular weight is 269 g/mol. The normalized spacial score (nSPS) is 13.3. The van der Waals surface area contributed by atoms with Crippen molar-refractivity contribution in [3.63, 3.8) is 0 Å². The van der Waals surface area contributed by atoms with Crippen molar-refractivity contribution in [2.75, 3.05) is 16.8 Å². The lowest BCUT2D eigenvalue weighted by Gasteiger charge is -2.19. The van der Waals surface area contributed by atoms with Crippen LogP contribution in [0, 0.1) is 6.92 Å². The third-order valence-corrected chi connectivity index (χ3v) is 4.96. The fourth-order valence-corrected chi connectivity index (χ4v) is 3.10. The van der Waals surface area contributed by atoms with E-state index in [0.717, 1.165) is 17.7 Å². The van der Waals surface area contributed by atoms with Crippen molar-refractivity contribution >= 4 is 15.5 Å². The van der Waals surface area contributed by atoms with E-state index in [-0.39, 0.29) is 17.5 Å². The van der Waals surface area contributed by atoms with Gasteiger partial charge in [-0.25, -0.2) is 8.42 Å². The molecule has 0 saturated carbocycles. The first-order valence-electron chi connectivity index (χ1n) is 6.45. The Hall–Kier alpha value is -1.03. The van der Waals surface area contributed by atoms with Crippen molar-refractivity contribution in [2.24, 2.45) is 0 Å². The lowest BCUT2D eigenvalue weighted by atomic mass is 10.1. The molecule has 0 aliphatic carbocycles. The van der Waals surface area contributed by atoms with Crippen LogP contribution in [0.5, 0.6) is 0 Å². The number of rotatable bonds is 6. The lowest BCUT2D eigenvalue weighted by Crippen LogP contribution is -2.27. The molecule has 1 rings (SSSR count). The Kier molecular flexibility index (Phi) is 5.20. The number of hydrogen-bond donors (Lipinski definition) is 1. The molecule has 0 spiro atoms. The van der Waals surface area contributed by atoms with Gasteiger partial charge in [0.2, 0.25) is 0 Å². The molecular weight excluding hydrogens is 246 g/mol. The molecule has 0 bridgehead atoms. The first-order valence-corrected chi connectivity index (χ1v) is 8.27. The maximum atomic E-state index is 11.6. The van der Waals surface area contributed by atoms with E-state index in [1.54, 1.807) is 6.92 Å². The molecule has 0 aliphatic heterocycles. The molecule has 1 atom stereocenters. The monoisotopic (exact) mass is 269 g/mol. The minimum Gasteiger partial charge on any atom is -0.381 e. The van der Waals surface area contributed by atoms with Gasteiger partial charge in [0.1, 0.15) is 0 Å². The highest BCUT2D eigenvalue weighted by molar-refractivity contribution is 7.91. The standard InChI is InChI=1S/C14H23NO2S/c1-5-13-9-7-8-11(3)14(13)15-12(4)10-18(16,17)6-2/h7-9,12,15H,5-6,10H2,1-4H3. The molecule has 0 aromatic heterocycles. The van der Waals surface area contributed by atoms with Crippen LogP contribution < -0.4 is 5.32 Å². The van der Waals surface area contributed by atoms with Gasteiger partial charge >= 0.3 is 0 Å². The summed E-state index contributed by atoms with van der Waals surface area (Å²) < 4.78 is 23.2. The molecule has 1 aromatic carbocycles. The molecule has 1 unspecified atom stereocenters. The largest absolute Gasteiger partial charge is 0.381 e. The van der Waals surface area contributed by atoms with E-state index in [9.17, 15) is 8.42 Å². The molecule has 4 heteroatoms. The fourth-order valence-electron chi connectivity index (χ4n) is 2.02. The smallest absolute Gasteiger partial charge is 0.152 e. The highest BCUT2D eigenvalue weighted by Gasteiger charge is 2.15. The molecule has 18 heavy (non-hydrogen) atoms. The van der Waals surface area contributed by atoms with Crippen molar-refractivity contribution in [2.45, 2.75) is 40.2 Å². The first-order chi connectivity index (χ1) is 8.39. The highest BCUT2D eigenvalue weighted by atomic mass is 32.2. The maximum Gasteiger partial charge on any atom is 0.152 e. The zero-order valence-corrected chi connectivity index (χ0v) is 12.5. The summed E-state index contributed by atoms with van der Waals surface area (Å²) in [6, 6.07) is 6.09. The summed E-state index contributed by atoms with van der Waals surface area (Å²) in [4.78, 5) is 0. The van der Waals surface area contributed by atoms with Crippen molar-refractivity contribution in [1.29, 1.82) is 0 Å². The number of para-hydroxylation sites is 1. The van der Waals surface area contributed by atoms with Gasteiger partial charge in [-0.3, -0.25) is 0 Å². The molecule has 0 amide bonds. The van der Waals surface area contributed by atoms with Gasteiger partial charge < -0.3 is 5.32 Å². The number of hydrogen-bond acceptors (Lipinski definition) is 3. The van der Waals surface area contributed by atoms with Crippen LogP contribution in [0.3, 0.4) is 0 Å². The Morgan fingerprint density at radius 1 is 1.28 bits per heavy atom. The van der Waals surface area contributed by atoms with Gasteiger partial charge in [-0.1, -0.05) is 32.0 Å². The number of benzene rings is 1. The molecule has 0 aliphatic rings. The van der Waals surface area contributed by atoms with Crippen LogP contribution in [0.2, 0.25) is 0 Å². The molecule has 0 saturated heterocycles. The minimum absolute atomic E-state index is 0.0682. The van der Waals surface area contributed by atoms with E-state index >= 15 is 0 Å². The molecule has 0 fully saturated rings. The molecule has 0 radical (unpaired) electrons. The van der Waals surface area contributed by atoms with Crippen molar-refractivity contribution in [3.05, 3.63) is 29.3 Å². The number of aryl methyl sites for hydroxylation is 2. The van der Waals surface area contributed by atoms with Gasteiger partial charge in [0.15, 0.2) is 9.84 Å². The van der Waals surface area contributed by atoms with Crippen LogP contribution in [-0.2, 0) is 16.3 Å². The summed E-state index contributed by atoms with van der Waals surface area (Å²) in [5.41, 5.74) is 3.48. The van der Waals surface area contributed by atoms with Gasteiger partial charge in [0.05, 0.1) is 5.75 Å². The predicted molar refractivity (Wildman–Crippen MR) is 78.0 cm³/mol. The average Bonchev–Trinajstić information content (AvgIpc) is 2.31. The van der Waals surface area contributed by atoms with E-state index < -0.39 is 9.84 Å². The second kappa shape index (κ2) is 6.23. The molecule has 0 heterocycles. The molecular formula is C14H23NO2S. The highest BCUT2D eigenvalue weighted by Crippen LogP contribution is 2.22. The topological polar surface area (TPSA) is 46.2 Å². The summed E-state index contributed by atoms with van der Waals surface area (Å²) in [6.07, 6.45) is 0.942. The summed E-state index contributed by atoms with van der Waals surface area (Å²) >= 11 is 0. The summed E-state index contributed by atoms with van der Waals surface area (Å²) in [7, 11) is -2.93. The van der Waals surface area contributed by atoms with Gasteiger partial charge in [0, 0.05) is 17.5 Å². The molecule has 102 valence electrons. The summed E-state index contributed by atoms with van der Waals surface area (Å²) in [5, 5.41) is 3.34. The minimum atomic E-state index is -2.93. The van der Waals surface area contributed by atoms with Crippen LogP contribution >= 0.6 is 0 Å². The Bertz CT molecular complexity index is 495. The Morgan fingerprint density at radius 3 is 2.50 bits per heavy atom. The van der Waals surface area contributed by atoms with Crippen LogP contribution in [0.4, 0.5) is 5.69 Å². The predicted octanol–water partition coefficient (Wildman–Crippen LogP) is 2.79. The third-order valence-electron chi connectivity index (χ3n) is 3.07. The Labute approximate surface area is 111 Å². The van der Waals surface area contributed by atoms with Gasteiger partial charge in [0.25, 0.3) is 0 Å². The zero-order chi connectivity index (χ0) is 13.8. The number of nitrogens with one attached hydrogen (secondary N) is 1. The quantitative estimate of drug-likeness (QED) is 0.864. The van der Waals surface area contributed by atoms with Gasteiger partial charge in [-0.15, -0.1) is 0 Å². The SMILES string of the molecule is CCc1cccc(C)c1NC(C)CS(=O)(=O)CC. The first kappa shape index (κ1) is 15.0. The van der Waals surface area contributed by atoms with E-state index in [1.165, 1.54) is 5.56 Å². The van der Waals surface area contributed by atoms with Crippen molar-refractivity contribution < 1.29 is 8.42 Å².